The molecular weight excluding hydrogens is 352 g/mol. The Balaban J connectivity index is 1.51. The molecule has 2 aliphatic rings. The second-order valence-corrected chi connectivity index (χ2v) is 8.18. The number of nitrogens with zero attached hydrogens (tertiary/aromatic N) is 2. The highest BCUT2D eigenvalue weighted by Gasteiger charge is 2.15. The summed E-state index contributed by atoms with van der Waals surface area (Å²) in [5.41, 5.74) is 8.34. The van der Waals surface area contributed by atoms with Gasteiger partial charge in [0, 0.05) is 22.6 Å². The Hall–Kier alpha value is -2.50. The van der Waals surface area contributed by atoms with E-state index in [2.05, 4.69) is 34.9 Å². The Morgan fingerprint density at radius 1 is 0.714 bits per heavy atom. The van der Waals surface area contributed by atoms with Gasteiger partial charge >= 0.3 is 0 Å². The van der Waals surface area contributed by atoms with E-state index in [1.165, 1.54) is 0 Å². The highest BCUT2D eigenvalue weighted by molar-refractivity contribution is 5.99. The molecule has 0 radical (unpaired) electrons. The van der Waals surface area contributed by atoms with Crippen LogP contribution in [0.5, 0.6) is 0 Å². The second kappa shape index (κ2) is 9.62. The predicted octanol–water partition coefficient (Wildman–Crippen LogP) is 4.28. The molecule has 2 aliphatic carbocycles. The number of amides is 2. The minimum atomic E-state index is -0.255. The normalized spacial score (nSPS) is 22.4. The number of carbonyl (C=O) groups is 2. The van der Waals surface area contributed by atoms with Crippen molar-refractivity contribution in [3.63, 3.8) is 0 Å². The van der Waals surface area contributed by atoms with Crippen LogP contribution < -0.4 is 10.9 Å². The molecule has 150 valence electrons. The first-order chi connectivity index (χ1) is 13.5. The van der Waals surface area contributed by atoms with Crippen LogP contribution in [-0.4, -0.2) is 23.2 Å². The molecule has 0 atom stereocenters. The lowest BCUT2D eigenvalue weighted by atomic mass is 9.90. The lowest BCUT2D eigenvalue weighted by Gasteiger charge is -2.18. The van der Waals surface area contributed by atoms with E-state index in [-0.39, 0.29) is 11.8 Å². The number of hydrazone groups is 2. The molecule has 28 heavy (non-hydrogen) atoms. The van der Waals surface area contributed by atoms with Gasteiger partial charge in [0.1, 0.15) is 0 Å². The van der Waals surface area contributed by atoms with Gasteiger partial charge < -0.3 is 0 Å². The topological polar surface area (TPSA) is 82.9 Å². The van der Waals surface area contributed by atoms with Gasteiger partial charge in [0.2, 0.25) is 0 Å². The van der Waals surface area contributed by atoms with Gasteiger partial charge in [0.05, 0.1) is 0 Å². The Labute approximate surface area is 166 Å². The van der Waals surface area contributed by atoms with Crippen molar-refractivity contribution in [1.29, 1.82) is 0 Å². The fraction of sp³-hybridized carbons (Fsp3) is 0.545. The smallest absolute Gasteiger partial charge is 0.267 e. The van der Waals surface area contributed by atoms with Crippen molar-refractivity contribution in [3.8, 4) is 0 Å². The Morgan fingerprint density at radius 3 is 1.36 bits per heavy atom. The van der Waals surface area contributed by atoms with Crippen LogP contribution >= 0.6 is 0 Å². The van der Waals surface area contributed by atoms with Gasteiger partial charge in [-0.25, -0.2) is 10.9 Å². The summed E-state index contributed by atoms with van der Waals surface area (Å²) < 4.78 is 0. The third-order valence-electron chi connectivity index (χ3n) is 5.74. The van der Waals surface area contributed by atoms with E-state index >= 15 is 0 Å². The summed E-state index contributed by atoms with van der Waals surface area (Å²) in [4.78, 5) is 24.5. The molecule has 1 aromatic carbocycles. The van der Waals surface area contributed by atoms with Crippen LogP contribution in [0, 0.1) is 11.8 Å². The van der Waals surface area contributed by atoms with Gasteiger partial charge in [-0.2, -0.15) is 10.2 Å². The van der Waals surface area contributed by atoms with E-state index in [0.29, 0.717) is 11.1 Å². The second-order valence-electron chi connectivity index (χ2n) is 8.18. The molecule has 2 fully saturated rings. The van der Waals surface area contributed by atoms with E-state index in [9.17, 15) is 9.59 Å². The molecule has 2 N–H and O–H groups in total. The third-order valence-corrected chi connectivity index (χ3v) is 5.74. The minimum Gasteiger partial charge on any atom is -0.267 e. The third kappa shape index (κ3) is 5.75. The summed E-state index contributed by atoms with van der Waals surface area (Å²) in [7, 11) is 0. The molecule has 0 aliphatic heterocycles. The van der Waals surface area contributed by atoms with E-state index in [4.69, 9.17) is 0 Å². The van der Waals surface area contributed by atoms with Gasteiger partial charge in [0.15, 0.2) is 0 Å². The van der Waals surface area contributed by atoms with Crippen molar-refractivity contribution in [2.24, 2.45) is 22.0 Å². The molecule has 2 amide bonds. The summed E-state index contributed by atoms with van der Waals surface area (Å²) in [5.74, 6) is 0.963. The Kier molecular flexibility index (Phi) is 6.95. The maximum absolute atomic E-state index is 12.3. The highest BCUT2D eigenvalue weighted by atomic mass is 16.2. The summed E-state index contributed by atoms with van der Waals surface area (Å²) >= 11 is 0. The summed E-state index contributed by atoms with van der Waals surface area (Å²) in [5, 5.41) is 8.52. The molecule has 0 spiro atoms. The summed E-state index contributed by atoms with van der Waals surface area (Å²) in [6, 6.07) is 6.57. The lowest BCUT2D eigenvalue weighted by Crippen LogP contribution is -2.23. The quantitative estimate of drug-likeness (QED) is 0.762. The van der Waals surface area contributed by atoms with Crippen molar-refractivity contribution in [2.45, 2.75) is 65.2 Å². The van der Waals surface area contributed by atoms with Crippen LogP contribution in [0.15, 0.2) is 34.5 Å². The predicted molar refractivity (Wildman–Crippen MR) is 112 cm³/mol. The van der Waals surface area contributed by atoms with E-state index in [1.54, 1.807) is 24.3 Å². The van der Waals surface area contributed by atoms with Gasteiger partial charge in [0.25, 0.3) is 11.8 Å². The Morgan fingerprint density at radius 2 is 1.04 bits per heavy atom. The molecule has 0 saturated heterocycles. The van der Waals surface area contributed by atoms with Gasteiger partial charge in [-0.15, -0.1) is 0 Å². The Bertz CT molecular complexity index is 682. The summed E-state index contributed by atoms with van der Waals surface area (Å²) in [6.07, 6.45) is 8.29. The maximum atomic E-state index is 12.3. The number of hydrogen-bond donors (Lipinski definition) is 2. The fourth-order valence-electron chi connectivity index (χ4n) is 3.58. The first kappa shape index (κ1) is 20.2. The standard InChI is InChI=1S/C22H30N4O2/c1-15-3-11-19(12-4-15)23-25-21(27)17-7-9-18(10-8-17)22(28)26-24-20-13-5-16(2)6-14-20/h7-10,15-16H,3-6,11-14H2,1-2H3,(H,25,27)(H,26,28). The average Bonchev–Trinajstić information content (AvgIpc) is 2.72. The lowest BCUT2D eigenvalue weighted by molar-refractivity contribution is 0.0943. The molecule has 6 nitrogen and oxygen atoms in total. The first-order valence-electron chi connectivity index (χ1n) is 10.3. The minimum absolute atomic E-state index is 0.255. The monoisotopic (exact) mass is 382 g/mol. The van der Waals surface area contributed by atoms with Crippen LogP contribution in [0.3, 0.4) is 0 Å². The maximum Gasteiger partial charge on any atom is 0.271 e. The molecule has 0 aromatic heterocycles. The van der Waals surface area contributed by atoms with Crippen LogP contribution in [0.1, 0.15) is 85.9 Å². The molecule has 0 heterocycles. The molecule has 0 bridgehead atoms. The zero-order valence-electron chi connectivity index (χ0n) is 16.8. The highest BCUT2D eigenvalue weighted by Crippen LogP contribution is 2.22. The molecule has 2 saturated carbocycles. The molecular formula is C22H30N4O2. The molecule has 3 rings (SSSR count). The van der Waals surface area contributed by atoms with E-state index < -0.39 is 0 Å². The van der Waals surface area contributed by atoms with Gasteiger partial charge in [-0.1, -0.05) is 13.8 Å². The largest absolute Gasteiger partial charge is 0.271 e. The molecule has 6 heteroatoms. The summed E-state index contributed by atoms with van der Waals surface area (Å²) in [6.45, 7) is 4.49. The molecule has 1 aromatic rings. The van der Waals surface area contributed by atoms with Crippen molar-refractivity contribution < 1.29 is 9.59 Å². The van der Waals surface area contributed by atoms with Gasteiger partial charge in [-0.3, -0.25) is 9.59 Å². The fourth-order valence-corrected chi connectivity index (χ4v) is 3.58. The average molecular weight is 383 g/mol. The van der Waals surface area contributed by atoms with Crippen LogP contribution in [0.4, 0.5) is 0 Å². The number of hydrogen-bond acceptors (Lipinski definition) is 4. The van der Waals surface area contributed by atoms with Gasteiger partial charge in [-0.05, 0) is 87.5 Å². The first-order valence-corrected chi connectivity index (χ1v) is 10.3. The van der Waals surface area contributed by atoms with Crippen molar-refractivity contribution in [2.75, 3.05) is 0 Å². The van der Waals surface area contributed by atoms with Crippen LogP contribution in [0.25, 0.3) is 0 Å². The number of carbonyl (C=O) groups excluding carboxylic acids is 2. The van der Waals surface area contributed by atoms with Crippen molar-refractivity contribution >= 4 is 23.2 Å². The number of rotatable bonds is 4. The SMILES string of the molecule is CC1CCC(=NNC(=O)c2ccc(C(=O)NN=C3CCC(C)CC3)cc2)CC1. The van der Waals surface area contributed by atoms with E-state index in [1.807, 2.05) is 0 Å². The van der Waals surface area contributed by atoms with Crippen molar-refractivity contribution in [3.05, 3.63) is 35.4 Å². The zero-order chi connectivity index (χ0) is 19.9. The van der Waals surface area contributed by atoms with E-state index in [0.717, 1.165) is 74.6 Å². The van der Waals surface area contributed by atoms with Crippen LogP contribution in [-0.2, 0) is 0 Å². The number of nitrogens with one attached hydrogen (secondary N) is 2. The zero-order valence-corrected chi connectivity index (χ0v) is 16.8. The van der Waals surface area contributed by atoms with Crippen LogP contribution in [0.2, 0.25) is 0 Å². The molecule has 0 unspecified atom stereocenters. The van der Waals surface area contributed by atoms with Crippen molar-refractivity contribution in [1.82, 2.24) is 10.9 Å². The number of benzene rings is 1.